The number of hydrogen-bond donors (Lipinski definition) is 10. The van der Waals surface area contributed by atoms with Crippen molar-refractivity contribution in [3.8, 4) is 11.5 Å². The summed E-state index contributed by atoms with van der Waals surface area (Å²) < 4.78 is 0.459. The molecule has 2 saturated carbocycles. The van der Waals surface area contributed by atoms with Crippen molar-refractivity contribution < 1.29 is 86.6 Å². The van der Waals surface area contributed by atoms with E-state index in [-0.39, 0.29) is 107 Å². The van der Waals surface area contributed by atoms with Gasteiger partial charge in [-0.1, -0.05) is 0 Å². The zero-order chi connectivity index (χ0) is 50.9. The molecular formula is C48H58BrIMgN6O14. The van der Waals surface area contributed by atoms with Gasteiger partial charge in [0.1, 0.15) is 45.7 Å². The Labute approximate surface area is 450 Å². The molecule has 0 spiro atoms. The Kier molecular flexibility index (Phi) is 16.8. The van der Waals surface area contributed by atoms with Crippen molar-refractivity contribution in [2.45, 2.75) is 55.9 Å². The molecule has 4 unspecified atom stereocenters. The number of Topliss-reactive ketones (excluding diaryl/α,β-unsaturated/α-hetero) is 4. The maximum atomic E-state index is 13.8. The molecule has 0 saturated heterocycles. The molecule has 6 aliphatic rings. The molecule has 0 aromatic heterocycles. The van der Waals surface area contributed by atoms with E-state index in [0.29, 0.717) is 20.3 Å². The van der Waals surface area contributed by atoms with Crippen LogP contribution in [0.2, 0.25) is 0 Å². The van der Waals surface area contributed by atoms with Gasteiger partial charge in [0.25, 0.3) is 11.8 Å². The average molecular weight is 1170 g/mol. The van der Waals surface area contributed by atoms with Gasteiger partial charge in [0, 0.05) is 62.5 Å². The second kappa shape index (κ2) is 20.3. The molecule has 2 aromatic rings. The van der Waals surface area contributed by atoms with Gasteiger partial charge >= 0.3 is 23.1 Å². The summed E-state index contributed by atoms with van der Waals surface area (Å²) in [6.07, 6.45) is 0.640. The molecule has 12 N–H and O–H groups in total. The van der Waals surface area contributed by atoms with Crippen LogP contribution in [0.25, 0.3) is 11.5 Å². The van der Waals surface area contributed by atoms with E-state index in [1.807, 2.05) is 60.6 Å². The number of anilines is 2. The van der Waals surface area contributed by atoms with E-state index in [2.05, 4.69) is 0 Å². The van der Waals surface area contributed by atoms with Gasteiger partial charge in [-0.25, -0.2) is 0 Å². The second-order valence-electron chi connectivity index (χ2n) is 19.2. The van der Waals surface area contributed by atoms with Crippen molar-refractivity contribution in [3.05, 3.63) is 84.8 Å². The Morgan fingerprint density at radius 2 is 0.972 bits per heavy atom. The molecule has 2 amide bonds. The number of amides is 2. The van der Waals surface area contributed by atoms with Crippen molar-refractivity contribution in [2.75, 3.05) is 66.2 Å². The van der Waals surface area contributed by atoms with E-state index in [4.69, 9.17) is 11.5 Å². The molecule has 6 aliphatic carbocycles. The van der Waals surface area contributed by atoms with Crippen molar-refractivity contribution in [3.63, 3.8) is 0 Å². The van der Waals surface area contributed by atoms with E-state index in [9.17, 15) is 69.6 Å². The van der Waals surface area contributed by atoms with E-state index in [1.54, 1.807) is 47.2 Å². The first kappa shape index (κ1) is 58.8. The van der Waals surface area contributed by atoms with Crippen molar-refractivity contribution in [1.82, 2.24) is 9.80 Å². The minimum atomic E-state index is -2.63. The van der Waals surface area contributed by atoms with E-state index in [1.165, 1.54) is 9.80 Å². The predicted molar refractivity (Wildman–Crippen MR) is 267 cm³/mol. The summed E-state index contributed by atoms with van der Waals surface area (Å²) in [5.41, 5.74) is 6.87. The maximum Gasteiger partial charge on any atom is 2.00 e. The normalized spacial score (nSPS) is 27.4. The van der Waals surface area contributed by atoms with Crippen LogP contribution < -0.4 is 38.2 Å². The summed E-state index contributed by atoms with van der Waals surface area (Å²) in [5.74, 6) is -13.0. The number of phenolic OH excluding ortho intramolecular Hbond substituents is 2. The first-order valence-electron chi connectivity index (χ1n) is 21.5. The summed E-state index contributed by atoms with van der Waals surface area (Å²) in [4.78, 5) is 84.3. The molecule has 0 heterocycles. The van der Waals surface area contributed by atoms with Crippen LogP contribution in [0.1, 0.15) is 40.7 Å². The molecule has 0 radical (unpaired) electrons. The third-order valence-electron chi connectivity index (χ3n) is 14.5. The number of aryl methyl sites for hydroxylation is 1. The number of nitrogens with zero attached hydrogens (tertiary/aromatic N) is 4. The number of nitrogens with two attached hydrogens (primary N) is 2. The first-order valence-corrected chi connectivity index (χ1v) is 22.6. The Bertz CT molecular complexity index is 2640. The van der Waals surface area contributed by atoms with Gasteiger partial charge in [-0.2, -0.15) is 0 Å². The summed E-state index contributed by atoms with van der Waals surface area (Å²) in [7, 11) is 13.6. The number of fused-ring (bicyclic) bond motifs is 6. The minimum absolute atomic E-state index is 0. The Hall–Kier alpha value is -4.76. The number of aromatic hydroxyl groups is 2. The number of likely N-dealkylation sites (N-methyl/N-ethyl adjacent to an activating group) is 2. The molecule has 2 aromatic carbocycles. The number of aliphatic hydroxyl groups is 6. The van der Waals surface area contributed by atoms with Crippen LogP contribution in [0.3, 0.4) is 0 Å². The fourth-order valence-electron chi connectivity index (χ4n) is 11.5. The van der Waals surface area contributed by atoms with Gasteiger partial charge < -0.3 is 86.5 Å². The quantitative estimate of drug-likeness (QED) is 0.0650. The SMILES string of the molecule is CN(C)c1cc(I)c(O)c2c1CC1CC3[C@H](N(C)C)C(=O)C(C(N)=O)=C(O)[C@@]3(O)C(=O)C1=C2O.Cc1cc(N(C)C)c2c(c1O)C(O)=C1C(=O)[C@]3(O)C(O)=C(C(N)=O)C(=O)[C@@H](N(C)C)C3CC1C2.[Br-].[CH3-].[Mg+2]. The number of carbonyl (C=O) groups is 6. The number of carbonyl (C=O) groups excluding carboxylic acids is 6. The van der Waals surface area contributed by atoms with Crippen LogP contribution in [0.4, 0.5) is 11.4 Å². The fourth-order valence-corrected chi connectivity index (χ4v) is 12.0. The molecule has 0 bridgehead atoms. The van der Waals surface area contributed by atoms with Crippen LogP contribution in [-0.4, -0.2) is 188 Å². The summed E-state index contributed by atoms with van der Waals surface area (Å²) >= 11 is 1.92. The molecule has 23 heteroatoms. The molecule has 2 fully saturated rings. The predicted octanol–water partition coefficient (Wildman–Crippen LogP) is -1.95. The number of benzene rings is 2. The Balaban J connectivity index is 0.000000296. The van der Waals surface area contributed by atoms with Gasteiger partial charge in [0.2, 0.25) is 11.6 Å². The number of phenols is 2. The summed E-state index contributed by atoms with van der Waals surface area (Å²) in [6, 6.07) is 1.36. The number of ketones is 4. The second-order valence-corrected chi connectivity index (χ2v) is 20.4. The summed E-state index contributed by atoms with van der Waals surface area (Å²) in [6.45, 7) is 1.67. The zero-order valence-electron chi connectivity index (χ0n) is 40.9. The monoisotopic (exact) mass is 1170 g/mol. The molecule has 8 atom stereocenters. The molecular weight excluding hydrogens is 1120 g/mol. The number of hydrogen-bond acceptors (Lipinski definition) is 18. The third-order valence-corrected chi connectivity index (χ3v) is 15.3. The largest absolute Gasteiger partial charge is 2.00 e. The number of rotatable bonds is 6. The molecule has 71 heavy (non-hydrogen) atoms. The number of aliphatic hydroxyl groups excluding tert-OH is 4. The van der Waals surface area contributed by atoms with Crippen LogP contribution in [0.5, 0.6) is 11.5 Å². The van der Waals surface area contributed by atoms with Gasteiger partial charge in [-0.15, -0.1) is 0 Å². The van der Waals surface area contributed by atoms with Gasteiger partial charge in [0.15, 0.2) is 22.8 Å². The van der Waals surface area contributed by atoms with Gasteiger partial charge in [-0.3, -0.25) is 38.6 Å². The van der Waals surface area contributed by atoms with Crippen molar-refractivity contribution in [2.24, 2.45) is 35.1 Å². The smallest absolute Gasteiger partial charge is 1.00 e. The van der Waals surface area contributed by atoms with Gasteiger partial charge in [0.05, 0.1) is 26.8 Å². The van der Waals surface area contributed by atoms with E-state index < -0.39 is 116 Å². The summed E-state index contributed by atoms with van der Waals surface area (Å²) in [5, 5.41) is 88.8. The molecule has 380 valence electrons. The van der Waals surface area contributed by atoms with Crippen molar-refractivity contribution >= 4 is 103 Å². The number of primary amides is 2. The van der Waals surface area contributed by atoms with Crippen LogP contribution >= 0.6 is 22.6 Å². The average Bonchev–Trinajstić information content (AvgIpc) is 3.22. The molecule has 20 nitrogen and oxygen atoms in total. The van der Waals surface area contributed by atoms with Crippen LogP contribution in [0, 0.1) is 41.6 Å². The zero-order valence-corrected chi connectivity index (χ0v) is 46.0. The topological polar surface area (TPSA) is 329 Å². The van der Waals surface area contributed by atoms with Crippen LogP contribution in [-0.2, 0) is 41.6 Å². The fraction of sp³-hybridized carbons (Fsp3) is 0.438. The van der Waals surface area contributed by atoms with E-state index in [0.717, 1.165) is 11.4 Å². The van der Waals surface area contributed by atoms with E-state index >= 15 is 0 Å². The maximum absolute atomic E-state index is 13.8. The van der Waals surface area contributed by atoms with Gasteiger partial charge in [-0.05, 0) is 124 Å². The standard InChI is InChI=1S/C24H29N3O7.C23H26IN3O7.CH3.BrH.Mg/c1-9-6-13(26(2)3)11-7-10-8-12-17(27(4)5)20(30)16(23(25)33)22(32)24(12,34)21(31)14(10)19(29)15(11)18(9)28;1-26(2)12-7-11(24)17(28)14-9(12)5-8-6-10-16(27(3)4)19(30)15(22(25)33)21(32)23(10,34)20(31)13(8)18(14)29;;;/h6,10,12,17,28-29,32,34H,7-8H2,1-5H3,(H2,25,33);7-8,10,16,28-29,32,34H,5-6H2,1-4H3,(H2,25,33);1H3;1H;/q;;-1;;+2/p-1/t10?,12?,17-,24-;8?,10?,16-,23-;;;/m00.../s1. The Morgan fingerprint density at radius 1 is 0.634 bits per heavy atom. The number of halogens is 2. The first-order chi connectivity index (χ1) is 31.5. The molecule has 8 rings (SSSR count). The van der Waals surface area contributed by atoms with Crippen LogP contribution in [0.15, 0.2) is 45.9 Å². The Morgan fingerprint density at radius 3 is 1.30 bits per heavy atom. The third kappa shape index (κ3) is 8.50. The molecule has 0 aliphatic heterocycles. The minimum Gasteiger partial charge on any atom is -1.00 e. The van der Waals surface area contributed by atoms with Crippen molar-refractivity contribution in [1.29, 1.82) is 0 Å².